The summed E-state index contributed by atoms with van der Waals surface area (Å²) < 4.78 is 61.2. The van der Waals surface area contributed by atoms with Crippen molar-refractivity contribution in [3.8, 4) is 0 Å². The highest BCUT2D eigenvalue weighted by Crippen LogP contribution is 2.25. The molecule has 2 aromatic carbocycles. The number of alkyl halides is 3. The lowest BCUT2D eigenvalue weighted by Crippen LogP contribution is -2.44. The molecule has 7 nitrogen and oxygen atoms in total. The maximum atomic E-state index is 13.1. The first-order chi connectivity index (χ1) is 15.1. The molecule has 1 saturated heterocycles. The molecule has 1 atom stereocenters. The molecule has 1 aliphatic rings. The summed E-state index contributed by atoms with van der Waals surface area (Å²) >= 11 is 0. The third-order valence-corrected chi connectivity index (χ3v) is 6.68. The van der Waals surface area contributed by atoms with Crippen molar-refractivity contribution in [2.24, 2.45) is 0 Å². The predicted molar refractivity (Wildman–Crippen MR) is 114 cm³/mol. The number of sulfone groups is 1. The van der Waals surface area contributed by atoms with Crippen LogP contribution in [-0.2, 0) is 14.6 Å². The highest BCUT2D eigenvalue weighted by Gasteiger charge is 2.35. The van der Waals surface area contributed by atoms with Gasteiger partial charge in [-0.1, -0.05) is 30.3 Å². The van der Waals surface area contributed by atoms with Crippen LogP contribution in [0, 0.1) is 0 Å². The Hall–Kier alpha value is -3.08. The number of nitrogens with one attached hydrogen (secondary N) is 2. The summed E-state index contributed by atoms with van der Waals surface area (Å²) in [5.74, 6) is -1.52. The highest BCUT2D eigenvalue weighted by molar-refractivity contribution is 7.91. The Morgan fingerprint density at radius 3 is 2.31 bits per heavy atom. The first-order valence-electron chi connectivity index (χ1n) is 9.81. The number of nitrogens with zero attached hydrogens (tertiary/aromatic N) is 1. The van der Waals surface area contributed by atoms with Gasteiger partial charge >= 0.3 is 6.18 Å². The summed E-state index contributed by atoms with van der Waals surface area (Å²) in [6.45, 7) is -1.76. The number of hydrogen-bond donors (Lipinski definition) is 2. The predicted octanol–water partition coefficient (Wildman–Crippen LogP) is 2.61. The van der Waals surface area contributed by atoms with Gasteiger partial charge in [0.1, 0.15) is 6.54 Å². The van der Waals surface area contributed by atoms with Crippen LogP contribution in [0.1, 0.15) is 16.8 Å². The lowest BCUT2D eigenvalue weighted by atomic mass is 10.1. The molecule has 1 unspecified atom stereocenters. The third kappa shape index (κ3) is 6.22. The van der Waals surface area contributed by atoms with Crippen molar-refractivity contribution < 1.29 is 31.2 Å². The topological polar surface area (TPSA) is 95.6 Å². The van der Waals surface area contributed by atoms with E-state index < -0.39 is 40.4 Å². The van der Waals surface area contributed by atoms with Crippen LogP contribution < -0.4 is 15.5 Å². The molecule has 0 saturated carbocycles. The molecule has 172 valence electrons. The first-order valence-corrected chi connectivity index (χ1v) is 11.6. The van der Waals surface area contributed by atoms with Crippen LogP contribution in [0.15, 0.2) is 54.6 Å². The van der Waals surface area contributed by atoms with Crippen LogP contribution in [0.25, 0.3) is 0 Å². The molecular weight excluding hydrogens is 447 g/mol. The molecule has 2 N–H and O–H groups in total. The van der Waals surface area contributed by atoms with Crippen LogP contribution in [0.5, 0.6) is 0 Å². The van der Waals surface area contributed by atoms with E-state index >= 15 is 0 Å². The van der Waals surface area contributed by atoms with Gasteiger partial charge in [0.2, 0.25) is 5.91 Å². The Labute approximate surface area is 183 Å². The van der Waals surface area contributed by atoms with Crippen LogP contribution in [0.4, 0.5) is 24.5 Å². The number of benzene rings is 2. The van der Waals surface area contributed by atoms with E-state index in [0.29, 0.717) is 12.1 Å². The van der Waals surface area contributed by atoms with Gasteiger partial charge in [0.25, 0.3) is 5.91 Å². The average Bonchev–Trinajstić information content (AvgIpc) is 3.10. The molecule has 1 fully saturated rings. The zero-order valence-electron chi connectivity index (χ0n) is 16.9. The number of carbonyl (C=O) groups excluding carboxylic acids is 2. The Bertz CT molecular complexity index is 1080. The molecular formula is C21H22F3N3O4S. The van der Waals surface area contributed by atoms with Gasteiger partial charge < -0.3 is 15.5 Å². The maximum absolute atomic E-state index is 13.1. The summed E-state index contributed by atoms with van der Waals surface area (Å²) in [5.41, 5.74) is 0.685. The molecule has 32 heavy (non-hydrogen) atoms. The summed E-state index contributed by atoms with van der Waals surface area (Å²) in [5, 5.41) is 4.61. The summed E-state index contributed by atoms with van der Waals surface area (Å²) in [6, 6.07) is 14.0. The first kappa shape index (κ1) is 23.6. The van der Waals surface area contributed by atoms with E-state index in [1.165, 1.54) is 23.1 Å². The Morgan fingerprint density at radius 1 is 1.03 bits per heavy atom. The second kappa shape index (κ2) is 9.60. The summed E-state index contributed by atoms with van der Waals surface area (Å²) in [4.78, 5) is 26.7. The number of anilines is 2. The number of rotatable bonds is 7. The Kier molecular flexibility index (Phi) is 7.07. The maximum Gasteiger partial charge on any atom is 0.405 e. The average molecular weight is 469 g/mol. The molecule has 0 aromatic heterocycles. The lowest BCUT2D eigenvalue weighted by molar-refractivity contribution is -0.123. The minimum absolute atomic E-state index is 0.0100. The molecule has 0 radical (unpaired) electrons. The zero-order chi connectivity index (χ0) is 23.4. The molecule has 0 spiro atoms. The molecule has 1 aliphatic heterocycles. The van der Waals surface area contributed by atoms with E-state index in [4.69, 9.17) is 0 Å². The monoisotopic (exact) mass is 469 g/mol. The standard InChI is InChI=1S/C21H22F3N3O4S/c22-21(23,24)14-26-20(29)17-8-4-5-9-18(17)25-12-19(28)27(15-6-2-1-3-7-15)16-10-11-32(30,31)13-16/h1-9,16,25H,10-14H2,(H,26,29). The quantitative estimate of drug-likeness (QED) is 0.650. The minimum atomic E-state index is -4.55. The molecule has 3 rings (SSSR count). The number of amides is 2. The van der Waals surface area contributed by atoms with Gasteiger partial charge in [0.05, 0.1) is 29.7 Å². The molecule has 0 bridgehead atoms. The second-order valence-electron chi connectivity index (χ2n) is 7.35. The van der Waals surface area contributed by atoms with E-state index in [0.717, 1.165) is 0 Å². The van der Waals surface area contributed by atoms with E-state index in [1.807, 2.05) is 0 Å². The van der Waals surface area contributed by atoms with Crippen LogP contribution in [0.3, 0.4) is 0 Å². The van der Waals surface area contributed by atoms with Gasteiger partial charge in [-0.25, -0.2) is 8.42 Å². The molecule has 0 aliphatic carbocycles. The number of para-hydroxylation sites is 2. The number of halogens is 3. The van der Waals surface area contributed by atoms with Crippen molar-refractivity contribution in [2.75, 3.05) is 34.8 Å². The Balaban J connectivity index is 1.75. The van der Waals surface area contributed by atoms with Gasteiger partial charge in [-0.05, 0) is 30.7 Å². The zero-order valence-corrected chi connectivity index (χ0v) is 17.7. The number of hydrogen-bond acceptors (Lipinski definition) is 5. The van der Waals surface area contributed by atoms with Crippen LogP contribution >= 0.6 is 0 Å². The van der Waals surface area contributed by atoms with Gasteiger partial charge in [-0.2, -0.15) is 13.2 Å². The molecule has 11 heteroatoms. The van der Waals surface area contributed by atoms with Gasteiger partial charge in [0, 0.05) is 11.4 Å². The summed E-state index contributed by atoms with van der Waals surface area (Å²) in [7, 11) is -3.24. The Morgan fingerprint density at radius 2 is 1.69 bits per heavy atom. The normalized spacial score (nSPS) is 17.5. The largest absolute Gasteiger partial charge is 0.405 e. The van der Waals surface area contributed by atoms with Crippen molar-refractivity contribution in [1.82, 2.24) is 5.32 Å². The molecule has 2 aromatic rings. The van der Waals surface area contributed by atoms with Gasteiger partial charge in [0.15, 0.2) is 9.84 Å². The SMILES string of the molecule is O=C(NCC(F)(F)F)c1ccccc1NCC(=O)N(c1ccccc1)C1CCS(=O)(=O)C1. The van der Waals surface area contributed by atoms with Crippen molar-refractivity contribution in [3.63, 3.8) is 0 Å². The van der Waals surface area contributed by atoms with Gasteiger partial charge in [-0.15, -0.1) is 0 Å². The summed E-state index contributed by atoms with van der Waals surface area (Å²) in [6.07, 6.45) is -4.24. The molecule has 2 amide bonds. The van der Waals surface area contributed by atoms with E-state index in [1.54, 1.807) is 41.7 Å². The highest BCUT2D eigenvalue weighted by atomic mass is 32.2. The fourth-order valence-electron chi connectivity index (χ4n) is 3.49. The van der Waals surface area contributed by atoms with E-state index in [2.05, 4.69) is 5.32 Å². The van der Waals surface area contributed by atoms with Crippen molar-refractivity contribution in [3.05, 3.63) is 60.2 Å². The minimum Gasteiger partial charge on any atom is -0.375 e. The van der Waals surface area contributed by atoms with Crippen LogP contribution in [-0.4, -0.2) is 57.0 Å². The van der Waals surface area contributed by atoms with Crippen LogP contribution in [0.2, 0.25) is 0 Å². The number of carbonyl (C=O) groups is 2. The fraction of sp³-hybridized carbons (Fsp3) is 0.333. The van der Waals surface area contributed by atoms with Crippen molar-refractivity contribution in [2.45, 2.75) is 18.6 Å². The van der Waals surface area contributed by atoms with Crippen molar-refractivity contribution >= 4 is 33.0 Å². The lowest BCUT2D eigenvalue weighted by Gasteiger charge is -2.29. The van der Waals surface area contributed by atoms with E-state index in [9.17, 15) is 31.2 Å². The van der Waals surface area contributed by atoms with Gasteiger partial charge in [-0.3, -0.25) is 9.59 Å². The smallest absolute Gasteiger partial charge is 0.375 e. The fourth-order valence-corrected chi connectivity index (χ4v) is 5.19. The third-order valence-electron chi connectivity index (χ3n) is 4.93. The van der Waals surface area contributed by atoms with Crippen molar-refractivity contribution in [1.29, 1.82) is 0 Å². The molecule has 1 heterocycles. The van der Waals surface area contributed by atoms with E-state index in [-0.39, 0.29) is 29.3 Å². The second-order valence-corrected chi connectivity index (χ2v) is 9.58.